The van der Waals surface area contributed by atoms with Crippen LogP contribution >= 0.6 is 0 Å². The highest BCUT2D eigenvalue weighted by molar-refractivity contribution is 6.08. The molecule has 1 saturated heterocycles. The van der Waals surface area contributed by atoms with Gasteiger partial charge in [0.1, 0.15) is 12.1 Å². The summed E-state index contributed by atoms with van der Waals surface area (Å²) in [6.07, 6.45) is -4.37. The molecule has 1 spiro atoms. The van der Waals surface area contributed by atoms with Crippen LogP contribution in [-0.2, 0) is 14.3 Å². The van der Waals surface area contributed by atoms with E-state index in [0.29, 0.717) is 30.6 Å². The molecule has 0 aromatic heterocycles. The van der Waals surface area contributed by atoms with Crippen molar-refractivity contribution in [1.29, 1.82) is 0 Å². The molecule has 0 unspecified atom stereocenters. The number of carbonyl (C=O) groups excluding carboxylic acids is 3. The third-order valence-electron chi connectivity index (χ3n) is 5.54. The van der Waals surface area contributed by atoms with Gasteiger partial charge in [-0.15, -0.1) is 0 Å². The lowest BCUT2D eigenvalue weighted by atomic mass is 9.64. The van der Waals surface area contributed by atoms with Crippen LogP contribution in [0.2, 0.25) is 0 Å². The smallest absolute Gasteiger partial charge is 0.425 e. The Morgan fingerprint density at radius 3 is 2.44 bits per heavy atom. The van der Waals surface area contributed by atoms with Gasteiger partial charge in [0.2, 0.25) is 0 Å². The quantitative estimate of drug-likeness (QED) is 0.591. The molecular weight excluding hydrogens is 365 g/mol. The summed E-state index contributed by atoms with van der Waals surface area (Å²) in [4.78, 5) is 37.9. The average Bonchev–Trinajstić information content (AvgIpc) is 3.27. The first-order valence-electron chi connectivity index (χ1n) is 9.23. The summed E-state index contributed by atoms with van der Waals surface area (Å²) in [6.45, 7) is 5.19. The SMILES string of the molecule is C[C@@H]1CC(C)(C)C[C@]2(C1)NC(=O)N(CC(=O)O[C@@H](C1CC1)C(F)(F)F)C2=O. The van der Waals surface area contributed by atoms with Crippen LogP contribution in [0.15, 0.2) is 0 Å². The standard InChI is InChI=1S/C18H25F3N2O4/c1-10-6-16(2,3)9-17(7-10)14(25)23(15(26)22-17)8-12(24)27-13(11-4-5-11)18(19,20)21/h10-11,13H,4-9H2,1-3H3,(H,22,26)/t10-,13+,17+/m1/s1. The zero-order chi connectivity index (χ0) is 20.2. The van der Waals surface area contributed by atoms with Crippen molar-refractivity contribution in [3.8, 4) is 0 Å². The molecule has 1 heterocycles. The van der Waals surface area contributed by atoms with Crippen LogP contribution in [0.4, 0.5) is 18.0 Å². The normalized spacial score (nSPS) is 31.8. The van der Waals surface area contributed by atoms with Crippen molar-refractivity contribution in [2.75, 3.05) is 6.54 Å². The second kappa shape index (κ2) is 6.38. The van der Waals surface area contributed by atoms with Gasteiger partial charge in [0, 0.05) is 5.92 Å². The van der Waals surface area contributed by atoms with E-state index in [-0.39, 0.29) is 11.3 Å². The minimum Gasteiger partial charge on any atom is -0.451 e. The van der Waals surface area contributed by atoms with Gasteiger partial charge in [-0.2, -0.15) is 13.2 Å². The molecule has 0 bridgehead atoms. The molecule has 0 aromatic rings. The van der Waals surface area contributed by atoms with Crippen LogP contribution in [-0.4, -0.2) is 47.2 Å². The first-order valence-corrected chi connectivity index (χ1v) is 9.23. The van der Waals surface area contributed by atoms with E-state index in [9.17, 15) is 27.6 Å². The van der Waals surface area contributed by atoms with Gasteiger partial charge in [0.05, 0.1) is 0 Å². The number of amides is 3. The number of nitrogens with one attached hydrogen (secondary N) is 1. The van der Waals surface area contributed by atoms with E-state index >= 15 is 0 Å². The number of halogens is 3. The number of carbonyl (C=O) groups is 3. The fourth-order valence-electron chi connectivity index (χ4n) is 4.79. The van der Waals surface area contributed by atoms with Gasteiger partial charge in [-0.05, 0) is 43.4 Å². The number of alkyl halides is 3. The largest absolute Gasteiger partial charge is 0.451 e. The Morgan fingerprint density at radius 1 is 1.30 bits per heavy atom. The summed E-state index contributed by atoms with van der Waals surface area (Å²) in [5.74, 6) is -2.32. The molecule has 2 aliphatic carbocycles. The van der Waals surface area contributed by atoms with Gasteiger partial charge in [-0.25, -0.2) is 4.79 Å². The van der Waals surface area contributed by atoms with E-state index in [4.69, 9.17) is 0 Å². The zero-order valence-corrected chi connectivity index (χ0v) is 15.7. The Morgan fingerprint density at radius 2 is 1.93 bits per heavy atom. The molecule has 1 N–H and O–H groups in total. The van der Waals surface area contributed by atoms with E-state index in [1.54, 1.807) is 0 Å². The minimum atomic E-state index is -4.65. The van der Waals surface area contributed by atoms with E-state index in [2.05, 4.69) is 10.1 Å². The summed E-state index contributed by atoms with van der Waals surface area (Å²) >= 11 is 0. The Bertz CT molecular complexity index is 659. The van der Waals surface area contributed by atoms with E-state index in [0.717, 1.165) is 6.42 Å². The van der Waals surface area contributed by atoms with Crippen molar-refractivity contribution in [2.24, 2.45) is 17.3 Å². The van der Waals surface area contributed by atoms with Crippen molar-refractivity contribution >= 4 is 17.9 Å². The van der Waals surface area contributed by atoms with Crippen LogP contribution < -0.4 is 5.32 Å². The first-order chi connectivity index (χ1) is 12.3. The molecule has 27 heavy (non-hydrogen) atoms. The monoisotopic (exact) mass is 390 g/mol. The van der Waals surface area contributed by atoms with Crippen molar-refractivity contribution in [3.05, 3.63) is 0 Å². The summed E-state index contributed by atoms with van der Waals surface area (Å²) in [6, 6.07) is -0.753. The third kappa shape index (κ3) is 4.06. The lowest BCUT2D eigenvalue weighted by molar-refractivity contribution is -0.226. The van der Waals surface area contributed by atoms with E-state index < -0.39 is 48.2 Å². The van der Waals surface area contributed by atoms with Crippen LogP contribution in [0.5, 0.6) is 0 Å². The molecule has 3 aliphatic rings. The maximum atomic E-state index is 13.0. The fraction of sp³-hybridized carbons (Fsp3) is 0.833. The topological polar surface area (TPSA) is 75.7 Å². The Hall–Kier alpha value is -1.80. The second-order valence-corrected chi connectivity index (χ2v) is 9.05. The highest BCUT2D eigenvalue weighted by atomic mass is 19.4. The summed E-state index contributed by atoms with van der Waals surface area (Å²) in [5.41, 5.74) is -1.27. The number of nitrogens with zero attached hydrogens (tertiary/aromatic N) is 1. The van der Waals surface area contributed by atoms with Gasteiger partial charge >= 0.3 is 18.2 Å². The zero-order valence-electron chi connectivity index (χ0n) is 15.7. The molecule has 0 radical (unpaired) electrons. The molecule has 0 aromatic carbocycles. The molecule has 6 nitrogen and oxygen atoms in total. The molecule has 3 atom stereocenters. The second-order valence-electron chi connectivity index (χ2n) is 9.05. The number of ether oxygens (including phenoxy) is 1. The number of hydrogen-bond acceptors (Lipinski definition) is 4. The van der Waals surface area contributed by atoms with Gasteiger partial charge in [0.15, 0.2) is 6.10 Å². The number of urea groups is 1. The van der Waals surface area contributed by atoms with E-state index in [1.807, 2.05) is 20.8 Å². The molecule has 3 amide bonds. The van der Waals surface area contributed by atoms with Crippen LogP contribution in [0.1, 0.15) is 52.9 Å². The van der Waals surface area contributed by atoms with Gasteiger partial charge in [-0.3, -0.25) is 14.5 Å². The Labute approximate surface area is 155 Å². The highest BCUT2D eigenvalue weighted by Gasteiger charge is 2.57. The predicted molar refractivity (Wildman–Crippen MR) is 88.4 cm³/mol. The number of imide groups is 1. The Balaban J connectivity index is 1.69. The van der Waals surface area contributed by atoms with Crippen LogP contribution in [0, 0.1) is 17.3 Å². The van der Waals surface area contributed by atoms with Crippen molar-refractivity contribution in [2.45, 2.75) is 70.7 Å². The molecule has 3 rings (SSSR count). The summed E-state index contributed by atoms with van der Waals surface area (Å²) < 4.78 is 43.6. The van der Waals surface area contributed by atoms with E-state index in [1.165, 1.54) is 0 Å². The predicted octanol–water partition coefficient (Wildman–Crippen LogP) is 3.01. The number of rotatable bonds is 4. The lowest BCUT2D eigenvalue weighted by Gasteiger charge is -2.43. The molecule has 9 heteroatoms. The molecular formula is C18H25F3N2O4. The van der Waals surface area contributed by atoms with Crippen LogP contribution in [0.3, 0.4) is 0 Å². The number of esters is 1. The van der Waals surface area contributed by atoms with Crippen molar-refractivity contribution < 1.29 is 32.3 Å². The van der Waals surface area contributed by atoms with Crippen LogP contribution in [0.25, 0.3) is 0 Å². The first kappa shape index (κ1) is 19.9. The van der Waals surface area contributed by atoms with Crippen molar-refractivity contribution in [3.63, 3.8) is 0 Å². The maximum absolute atomic E-state index is 13.0. The summed E-state index contributed by atoms with van der Waals surface area (Å²) in [7, 11) is 0. The molecule has 152 valence electrons. The fourth-order valence-corrected chi connectivity index (χ4v) is 4.79. The van der Waals surface area contributed by atoms with Gasteiger partial charge in [-0.1, -0.05) is 20.8 Å². The minimum absolute atomic E-state index is 0.176. The molecule has 1 aliphatic heterocycles. The lowest BCUT2D eigenvalue weighted by Crippen LogP contribution is -2.54. The number of hydrogen-bond donors (Lipinski definition) is 1. The highest BCUT2D eigenvalue weighted by Crippen LogP contribution is 2.46. The molecule has 3 fully saturated rings. The average molecular weight is 390 g/mol. The molecule has 2 saturated carbocycles. The maximum Gasteiger partial charge on any atom is 0.425 e. The third-order valence-corrected chi connectivity index (χ3v) is 5.54. The summed E-state index contributed by atoms with van der Waals surface area (Å²) in [5, 5.41) is 2.69. The van der Waals surface area contributed by atoms with Gasteiger partial charge < -0.3 is 10.1 Å². The van der Waals surface area contributed by atoms with Gasteiger partial charge in [0.25, 0.3) is 5.91 Å². The van der Waals surface area contributed by atoms with Crippen molar-refractivity contribution in [1.82, 2.24) is 10.2 Å². The Kier molecular flexibility index (Phi) is 4.71.